The number of carbonyl (C=O) groups is 2. The quantitative estimate of drug-likeness (QED) is 0.572. The fourth-order valence-electron chi connectivity index (χ4n) is 3.98. The molecule has 1 fully saturated rings. The van der Waals surface area contributed by atoms with Crippen LogP contribution >= 0.6 is 23.2 Å². The molecule has 2 amide bonds. The van der Waals surface area contributed by atoms with Crippen molar-refractivity contribution in [3.05, 3.63) is 104 Å². The van der Waals surface area contributed by atoms with Gasteiger partial charge in [-0.2, -0.15) is 0 Å². The first-order valence-corrected chi connectivity index (χ1v) is 11.4. The Labute approximate surface area is 201 Å². The molecule has 1 aliphatic rings. The molecule has 0 saturated carbocycles. The standard InChI is InChI=1S/C25H23Cl2N3O3/c26-20-12-19(13-21(27)14-20)25(33)30-11-3-4-22(30)24(32)28-15-17-6-8-18(9-7-17)16-29-10-2-1-5-23(29)31/h1-2,5-10,12-14,22H,3-4,11,15-16H2,(H,28,32). The van der Waals surface area contributed by atoms with Crippen molar-refractivity contribution in [1.29, 1.82) is 0 Å². The zero-order chi connectivity index (χ0) is 23.4. The molecule has 0 bridgehead atoms. The van der Waals surface area contributed by atoms with Gasteiger partial charge < -0.3 is 14.8 Å². The zero-order valence-electron chi connectivity index (χ0n) is 17.8. The van der Waals surface area contributed by atoms with E-state index in [9.17, 15) is 14.4 Å². The van der Waals surface area contributed by atoms with Gasteiger partial charge in [-0.1, -0.05) is 53.5 Å². The predicted molar refractivity (Wildman–Crippen MR) is 129 cm³/mol. The van der Waals surface area contributed by atoms with E-state index in [2.05, 4.69) is 5.32 Å². The summed E-state index contributed by atoms with van der Waals surface area (Å²) in [5.41, 5.74) is 2.25. The van der Waals surface area contributed by atoms with Gasteiger partial charge in [0, 0.05) is 41.0 Å². The number of nitrogens with zero attached hydrogens (tertiary/aromatic N) is 2. The highest BCUT2D eigenvalue weighted by Crippen LogP contribution is 2.24. The summed E-state index contributed by atoms with van der Waals surface area (Å²) in [5, 5.41) is 3.70. The first-order chi connectivity index (χ1) is 15.9. The second kappa shape index (κ2) is 10.2. The molecule has 1 N–H and O–H groups in total. The molecule has 6 nitrogen and oxygen atoms in total. The van der Waals surface area contributed by atoms with Gasteiger partial charge >= 0.3 is 0 Å². The smallest absolute Gasteiger partial charge is 0.254 e. The second-order valence-corrected chi connectivity index (χ2v) is 8.89. The van der Waals surface area contributed by atoms with Crippen molar-refractivity contribution < 1.29 is 9.59 Å². The van der Waals surface area contributed by atoms with Gasteiger partial charge in [0.1, 0.15) is 6.04 Å². The van der Waals surface area contributed by atoms with E-state index in [1.807, 2.05) is 30.3 Å². The predicted octanol–water partition coefficient (Wildman–Crippen LogP) is 4.12. The number of likely N-dealkylation sites (tertiary alicyclic amines) is 1. The van der Waals surface area contributed by atoms with E-state index in [1.165, 1.54) is 6.07 Å². The monoisotopic (exact) mass is 483 g/mol. The maximum Gasteiger partial charge on any atom is 0.254 e. The number of hydrogen-bond donors (Lipinski definition) is 1. The van der Waals surface area contributed by atoms with Crippen molar-refractivity contribution in [3.8, 4) is 0 Å². The molecule has 2 heterocycles. The molecule has 0 radical (unpaired) electrons. The molecule has 4 rings (SSSR count). The summed E-state index contributed by atoms with van der Waals surface area (Å²) in [6.07, 6.45) is 3.12. The SMILES string of the molecule is O=C(NCc1ccc(Cn2ccccc2=O)cc1)C1CCCN1C(=O)c1cc(Cl)cc(Cl)c1. The van der Waals surface area contributed by atoms with Crippen molar-refractivity contribution in [3.63, 3.8) is 0 Å². The summed E-state index contributed by atoms with van der Waals surface area (Å²) in [7, 11) is 0. The first kappa shape index (κ1) is 23.1. The topological polar surface area (TPSA) is 71.4 Å². The van der Waals surface area contributed by atoms with Crippen LogP contribution in [0.1, 0.15) is 34.3 Å². The number of aromatic nitrogens is 1. The third kappa shape index (κ3) is 5.64. The van der Waals surface area contributed by atoms with E-state index in [1.54, 1.807) is 39.9 Å². The van der Waals surface area contributed by atoms with Crippen LogP contribution in [-0.4, -0.2) is 33.9 Å². The maximum absolute atomic E-state index is 13.0. The average Bonchev–Trinajstić information content (AvgIpc) is 3.29. The Hall–Kier alpha value is -3.09. The maximum atomic E-state index is 13.0. The molecule has 170 valence electrons. The van der Waals surface area contributed by atoms with Crippen LogP contribution in [0.2, 0.25) is 10.0 Å². The lowest BCUT2D eigenvalue weighted by Gasteiger charge is -2.24. The van der Waals surface area contributed by atoms with Gasteiger partial charge in [-0.15, -0.1) is 0 Å². The Morgan fingerprint density at radius 2 is 1.67 bits per heavy atom. The van der Waals surface area contributed by atoms with Gasteiger partial charge in [-0.05, 0) is 48.2 Å². The molecule has 1 aromatic heterocycles. The fraction of sp³-hybridized carbons (Fsp3) is 0.240. The number of hydrogen-bond acceptors (Lipinski definition) is 3. The third-order valence-electron chi connectivity index (χ3n) is 5.67. The van der Waals surface area contributed by atoms with Crippen LogP contribution in [0.5, 0.6) is 0 Å². The van der Waals surface area contributed by atoms with Crippen LogP contribution in [0, 0.1) is 0 Å². The molecule has 8 heteroatoms. The number of carbonyl (C=O) groups excluding carboxylic acids is 2. The van der Waals surface area contributed by atoms with E-state index in [0.717, 1.165) is 17.5 Å². The van der Waals surface area contributed by atoms with Crippen LogP contribution in [0.3, 0.4) is 0 Å². The average molecular weight is 484 g/mol. The Kier molecular flexibility index (Phi) is 7.16. The van der Waals surface area contributed by atoms with Crippen LogP contribution < -0.4 is 10.9 Å². The van der Waals surface area contributed by atoms with E-state index in [0.29, 0.717) is 41.7 Å². The van der Waals surface area contributed by atoms with Gasteiger partial charge in [0.2, 0.25) is 5.91 Å². The van der Waals surface area contributed by atoms with Crippen LogP contribution in [-0.2, 0) is 17.9 Å². The van der Waals surface area contributed by atoms with Gasteiger partial charge in [-0.25, -0.2) is 0 Å². The Balaban J connectivity index is 1.36. The largest absolute Gasteiger partial charge is 0.350 e. The molecular weight excluding hydrogens is 461 g/mol. The fourth-order valence-corrected chi connectivity index (χ4v) is 4.51. The van der Waals surface area contributed by atoms with Crippen LogP contribution in [0.15, 0.2) is 71.7 Å². The molecule has 3 aromatic rings. The molecular formula is C25H23Cl2N3O3. The van der Waals surface area contributed by atoms with E-state index < -0.39 is 6.04 Å². The van der Waals surface area contributed by atoms with Gasteiger partial charge in [0.25, 0.3) is 11.5 Å². The molecule has 33 heavy (non-hydrogen) atoms. The van der Waals surface area contributed by atoms with Crippen molar-refractivity contribution >= 4 is 35.0 Å². The number of benzene rings is 2. The number of halogens is 2. The van der Waals surface area contributed by atoms with E-state index >= 15 is 0 Å². The highest BCUT2D eigenvalue weighted by atomic mass is 35.5. The van der Waals surface area contributed by atoms with Crippen molar-refractivity contribution in [2.24, 2.45) is 0 Å². The van der Waals surface area contributed by atoms with Crippen LogP contribution in [0.25, 0.3) is 0 Å². The number of rotatable bonds is 6. The molecule has 1 saturated heterocycles. The summed E-state index contributed by atoms with van der Waals surface area (Å²) in [6, 6.07) is 17.0. The second-order valence-electron chi connectivity index (χ2n) is 8.02. The van der Waals surface area contributed by atoms with Gasteiger partial charge in [-0.3, -0.25) is 14.4 Å². The number of amides is 2. The third-order valence-corrected chi connectivity index (χ3v) is 6.10. The minimum absolute atomic E-state index is 0.0513. The van der Waals surface area contributed by atoms with Gasteiger partial charge in [0.05, 0.1) is 6.54 Å². The summed E-state index contributed by atoms with van der Waals surface area (Å²) in [5.74, 6) is -0.438. The Morgan fingerprint density at radius 3 is 2.36 bits per heavy atom. The van der Waals surface area contributed by atoms with Crippen molar-refractivity contribution in [1.82, 2.24) is 14.8 Å². The van der Waals surface area contributed by atoms with Crippen molar-refractivity contribution in [2.75, 3.05) is 6.54 Å². The minimum Gasteiger partial charge on any atom is -0.350 e. The van der Waals surface area contributed by atoms with Crippen molar-refractivity contribution in [2.45, 2.75) is 32.0 Å². The highest BCUT2D eigenvalue weighted by molar-refractivity contribution is 6.35. The lowest BCUT2D eigenvalue weighted by Crippen LogP contribution is -2.45. The molecule has 2 aromatic carbocycles. The summed E-state index contributed by atoms with van der Waals surface area (Å²) >= 11 is 12.1. The molecule has 1 atom stereocenters. The molecule has 1 unspecified atom stereocenters. The summed E-state index contributed by atoms with van der Waals surface area (Å²) in [6.45, 7) is 1.35. The summed E-state index contributed by atoms with van der Waals surface area (Å²) in [4.78, 5) is 39.3. The molecule has 1 aliphatic heterocycles. The normalized spacial score (nSPS) is 15.5. The highest BCUT2D eigenvalue weighted by Gasteiger charge is 2.34. The van der Waals surface area contributed by atoms with Gasteiger partial charge in [0.15, 0.2) is 0 Å². The van der Waals surface area contributed by atoms with Crippen LogP contribution in [0.4, 0.5) is 0 Å². The lowest BCUT2D eigenvalue weighted by molar-refractivity contribution is -0.125. The number of nitrogens with one attached hydrogen (secondary N) is 1. The minimum atomic E-state index is -0.528. The first-order valence-electron chi connectivity index (χ1n) is 10.7. The molecule has 0 aliphatic carbocycles. The van der Waals surface area contributed by atoms with E-state index in [-0.39, 0.29) is 17.4 Å². The van der Waals surface area contributed by atoms with E-state index in [4.69, 9.17) is 23.2 Å². The zero-order valence-corrected chi connectivity index (χ0v) is 19.4. The number of pyridine rings is 1. The Bertz CT molecular complexity index is 1200. The summed E-state index contributed by atoms with van der Waals surface area (Å²) < 4.78 is 1.63. The molecule has 0 spiro atoms. The lowest BCUT2D eigenvalue weighted by atomic mass is 10.1. The Morgan fingerprint density at radius 1 is 0.970 bits per heavy atom.